The molecule has 0 spiro atoms. The SMILES string of the molecule is CN(C)C(Cl)(Cl)c1ccccn1. The summed E-state index contributed by atoms with van der Waals surface area (Å²) in [7, 11) is 3.60. The second kappa shape index (κ2) is 3.60. The Morgan fingerprint density at radius 2 is 2.00 bits per heavy atom. The molecular formula is C8H10Cl2N2. The van der Waals surface area contributed by atoms with Gasteiger partial charge in [-0.1, -0.05) is 29.3 Å². The first-order chi connectivity index (χ1) is 5.55. The third-order valence-electron chi connectivity index (χ3n) is 1.53. The van der Waals surface area contributed by atoms with E-state index in [2.05, 4.69) is 4.98 Å². The van der Waals surface area contributed by atoms with Crippen molar-refractivity contribution in [2.75, 3.05) is 14.1 Å². The Balaban J connectivity index is 2.98. The highest BCUT2D eigenvalue weighted by atomic mass is 35.5. The first-order valence-electron chi connectivity index (χ1n) is 3.52. The predicted octanol–water partition coefficient (Wildman–Crippen LogP) is 2.23. The summed E-state index contributed by atoms with van der Waals surface area (Å²) in [4.78, 5) is 5.76. The molecule has 0 N–H and O–H groups in total. The van der Waals surface area contributed by atoms with Crippen molar-refractivity contribution in [2.24, 2.45) is 0 Å². The molecule has 1 heterocycles. The Morgan fingerprint density at radius 1 is 1.33 bits per heavy atom. The molecule has 0 radical (unpaired) electrons. The summed E-state index contributed by atoms with van der Waals surface area (Å²) in [5.41, 5.74) is 0.637. The number of aromatic nitrogens is 1. The van der Waals surface area contributed by atoms with Crippen molar-refractivity contribution in [3.05, 3.63) is 30.1 Å². The van der Waals surface area contributed by atoms with Crippen LogP contribution in [0.1, 0.15) is 5.69 Å². The zero-order chi connectivity index (χ0) is 9.19. The van der Waals surface area contributed by atoms with Crippen LogP contribution in [-0.4, -0.2) is 24.0 Å². The van der Waals surface area contributed by atoms with E-state index in [1.807, 2.05) is 12.1 Å². The second-order valence-corrected chi connectivity index (χ2v) is 3.94. The molecule has 0 aliphatic heterocycles. The fraction of sp³-hybridized carbons (Fsp3) is 0.375. The van der Waals surface area contributed by atoms with Gasteiger partial charge in [-0.2, -0.15) is 0 Å². The summed E-state index contributed by atoms with van der Waals surface area (Å²) in [6.07, 6.45) is 1.67. The normalized spacial score (nSPS) is 12.1. The van der Waals surface area contributed by atoms with E-state index < -0.39 is 4.46 Å². The van der Waals surface area contributed by atoms with Crippen LogP contribution in [0.25, 0.3) is 0 Å². The lowest BCUT2D eigenvalue weighted by Crippen LogP contribution is -2.31. The Hall–Kier alpha value is -0.310. The van der Waals surface area contributed by atoms with E-state index in [1.54, 1.807) is 31.3 Å². The summed E-state index contributed by atoms with van der Waals surface area (Å²) >= 11 is 12.1. The van der Waals surface area contributed by atoms with Gasteiger partial charge in [0.25, 0.3) is 0 Å². The Morgan fingerprint density at radius 3 is 2.42 bits per heavy atom. The molecular weight excluding hydrogens is 195 g/mol. The molecule has 4 heteroatoms. The number of pyridine rings is 1. The summed E-state index contributed by atoms with van der Waals surface area (Å²) in [6.45, 7) is 0. The van der Waals surface area contributed by atoms with Crippen LogP contribution in [0.15, 0.2) is 24.4 Å². The fourth-order valence-corrected chi connectivity index (χ4v) is 0.993. The van der Waals surface area contributed by atoms with Crippen LogP contribution in [-0.2, 0) is 4.46 Å². The van der Waals surface area contributed by atoms with Crippen molar-refractivity contribution >= 4 is 23.2 Å². The van der Waals surface area contributed by atoms with Gasteiger partial charge in [0.05, 0.1) is 5.69 Å². The van der Waals surface area contributed by atoms with Gasteiger partial charge >= 0.3 is 0 Å². The van der Waals surface area contributed by atoms with Crippen molar-refractivity contribution in [2.45, 2.75) is 4.46 Å². The van der Waals surface area contributed by atoms with E-state index in [4.69, 9.17) is 23.2 Å². The zero-order valence-electron chi connectivity index (χ0n) is 6.96. The molecule has 1 aromatic rings. The van der Waals surface area contributed by atoms with Crippen LogP contribution >= 0.6 is 23.2 Å². The van der Waals surface area contributed by atoms with Crippen LogP contribution in [0.2, 0.25) is 0 Å². The lowest BCUT2D eigenvalue weighted by atomic mass is 10.3. The number of halogens is 2. The van der Waals surface area contributed by atoms with E-state index >= 15 is 0 Å². The van der Waals surface area contributed by atoms with Crippen LogP contribution in [0.4, 0.5) is 0 Å². The minimum Gasteiger partial charge on any atom is -0.273 e. The Labute approximate surface area is 82.1 Å². The van der Waals surface area contributed by atoms with E-state index in [0.29, 0.717) is 5.69 Å². The van der Waals surface area contributed by atoms with Gasteiger partial charge in [0.15, 0.2) is 0 Å². The molecule has 1 aromatic heterocycles. The van der Waals surface area contributed by atoms with Crippen LogP contribution in [0, 0.1) is 0 Å². The van der Waals surface area contributed by atoms with E-state index in [9.17, 15) is 0 Å². The van der Waals surface area contributed by atoms with Crippen molar-refractivity contribution in [1.82, 2.24) is 9.88 Å². The van der Waals surface area contributed by atoms with Crippen molar-refractivity contribution in [1.29, 1.82) is 0 Å². The van der Waals surface area contributed by atoms with Crippen molar-refractivity contribution in [3.63, 3.8) is 0 Å². The molecule has 1 rings (SSSR count). The summed E-state index contributed by atoms with van der Waals surface area (Å²) in [6, 6.07) is 5.47. The van der Waals surface area contributed by atoms with Gasteiger partial charge in [-0.05, 0) is 26.2 Å². The number of hydrogen-bond donors (Lipinski definition) is 0. The quantitative estimate of drug-likeness (QED) is 0.543. The number of hydrogen-bond acceptors (Lipinski definition) is 2. The molecule has 0 fully saturated rings. The van der Waals surface area contributed by atoms with Gasteiger partial charge in [-0.3, -0.25) is 9.88 Å². The molecule has 0 amide bonds. The van der Waals surface area contributed by atoms with Gasteiger partial charge in [0.1, 0.15) is 0 Å². The maximum atomic E-state index is 6.03. The highest BCUT2D eigenvalue weighted by Crippen LogP contribution is 2.33. The first-order valence-corrected chi connectivity index (χ1v) is 4.27. The van der Waals surface area contributed by atoms with E-state index in [-0.39, 0.29) is 0 Å². The number of alkyl halides is 2. The van der Waals surface area contributed by atoms with Crippen molar-refractivity contribution in [3.8, 4) is 0 Å². The standard InChI is InChI=1S/C8H10Cl2N2/c1-12(2)8(9,10)7-5-3-4-6-11-7/h3-6H,1-2H3. The van der Waals surface area contributed by atoms with Crippen LogP contribution in [0.3, 0.4) is 0 Å². The second-order valence-electron chi connectivity index (χ2n) is 2.65. The predicted molar refractivity (Wildman–Crippen MR) is 51.3 cm³/mol. The number of nitrogens with zero attached hydrogens (tertiary/aromatic N) is 2. The molecule has 0 saturated heterocycles. The zero-order valence-corrected chi connectivity index (χ0v) is 8.47. The Bertz CT molecular complexity index is 246. The largest absolute Gasteiger partial charge is 0.273 e. The van der Waals surface area contributed by atoms with Gasteiger partial charge in [0.2, 0.25) is 4.46 Å². The molecule has 0 unspecified atom stereocenters. The van der Waals surface area contributed by atoms with E-state index in [0.717, 1.165) is 0 Å². The monoisotopic (exact) mass is 204 g/mol. The third-order valence-corrected chi connectivity index (χ3v) is 2.60. The lowest BCUT2D eigenvalue weighted by molar-refractivity contribution is 0.337. The molecule has 0 aliphatic carbocycles. The van der Waals surface area contributed by atoms with E-state index in [1.165, 1.54) is 0 Å². The smallest absolute Gasteiger partial charge is 0.213 e. The number of rotatable bonds is 2. The minimum atomic E-state index is -1.04. The molecule has 0 atom stereocenters. The average molecular weight is 205 g/mol. The molecule has 66 valence electrons. The van der Waals surface area contributed by atoms with Crippen LogP contribution < -0.4 is 0 Å². The maximum Gasteiger partial charge on any atom is 0.213 e. The minimum absolute atomic E-state index is 0.637. The summed E-state index contributed by atoms with van der Waals surface area (Å²) in [5.74, 6) is 0. The highest BCUT2D eigenvalue weighted by Gasteiger charge is 2.30. The highest BCUT2D eigenvalue weighted by molar-refractivity contribution is 6.47. The Kier molecular flexibility index (Phi) is 2.94. The molecule has 12 heavy (non-hydrogen) atoms. The molecule has 0 aromatic carbocycles. The fourth-order valence-electron chi connectivity index (χ4n) is 0.770. The summed E-state index contributed by atoms with van der Waals surface area (Å²) < 4.78 is -1.04. The van der Waals surface area contributed by atoms with Crippen LogP contribution in [0.5, 0.6) is 0 Å². The van der Waals surface area contributed by atoms with Gasteiger partial charge in [0, 0.05) is 6.20 Å². The average Bonchev–Trinajstić information content (AvgIpc) is 2.06. The summed E-state index contributed by atoms with van der Waals surface area (Å²) in [5, 5.41) is 0. The molecule has 0 saturated carbocycles. The van der Waals surface area contributed by atoms with Gasteiger partial charge in [-0.25, -0.2) is 0 Å². The molecule has 2 nitrogen and oxygen atoms in total. The van der Waals surface area contributed by atoms with Gasteiger partial charge < -0.3 is 0 Å². The molecule has 0 aliphatic rings. The maximum absolute atomic E-state index is 6.03. The molecule has 0 bridgehead atoms. The lowest BCUT2D eigenvalue weighted by Gasteiger charge is -2.26. The first kappa shape index (κ1) is 9.78. The topological polar surface area (TPSA) is 16.1 Å². The third kappa shape index (κ3) is 1.89. The van der Waals surface area contributed by atoms with Gasteiger partial charge in [-0.15, -0.1) is 0 Å². The van der Waals surface area contributed by atoms with Crippen molar-refractivity contribution < 1.29 is 0 Å².